The van der Waals surface area contributed by atoms with E-state index in [1.165, 1.54) is 24.5 Å². The first-order chi connectivity index (χ1) is 11.3. The fourth-order valence-corrected chi connectivity index (χ4v) is 2.20. The first-order valence-corrected chi connectivity index (χ1v) is 6.66. The maximum Gasteiger partial charge on any atom is 0.439 e. The van der Waals surface area contributed by atoms with Gasteiger partial charge in [-0.2, -0.15) is 13.2 Å². The summed E-state index contributed by atoms with van der Waals surface area (Å²) in [5.41, 5.74) is 5.39. The van der Waals surface area contributed by atoms with E-state index in [4.69, 9.17) is 5.73 Å². The Morgan fingerprint density at radius 2 is 1.96 bits per heavy atom. The SMILES string of the molecule is Nc1cc(Cc2nccnc2-c2noc(=O)[nH]2)ccc1C(F)(F)F. The minimum Gasteiger partial charge on any atom is -0.398 e. The number of H-pyrrole nitrogens is 1. The average Bonchev–Trinajstić information content (AvgIpc) is 2.93. The lowest BCUT2D eigenvalue weighted by atomic mass is 10.0. The van der Waals surface area contributed by atoms with Crippen LogP contribution in [0.25, 0.3) is 11.5 Å². The van der Waals surface area contributed by atoms with E-state index in [0.29, 0.717) is 11.3 Å². The van der Waals surface area contributed by atoms with Gasteiger partial charge >= 0.3 is 11.9 Å². The zero-order valence-corrected chi connectivity index (χ0v) is 12.0. The molecule has 3 rings (SSSR count). The van der Waals surface area contributed by atoms with Crippen LogP contribution in [0.3, 0.4) is 0 Å². The van der Waals surface area contributed by atoms with Gasteiger partial charge in [0, 0.05) is 24.5 Å². The molecule has 24 heavy (non-hydrogen) atoms. The molecule has 10 heteroatoms. The largest absolute Gasteiger partial charge is 0.439 e. The molecule has 124 valence electrons. The summed E-state index contributed by atoms with van der Waals surface area (Å²) in [6.07, 6.45) is -1.54. The Kier molecular flexibility index (Phi) is 3.80. The highest BCUT2D eigenvalue weighted by atomic mass is 19.4. The van der Waals surface area contributed by atoms with Crippen molar-refractivity contribution in [3.8, 4) is 11.5 Å². The molecule has 3 aromatic rings. The quantitative estimate of drug-likeness (QED) is 0.707. The second kappa shape index (κ2) is 5.80. The van der Waals surface area contributed by atoms with Crippen LogP contribution in [-0.2, 0) is 12.6 Å². The van der Waals surface area contributed by atoms with Crippen molar-refractivity contribution < 1.29 is 17.7 Å². The number of aromatic nitrogens is 4. The number of hydrogen-bond acceptors (Lipinski definition) is 6. The van der Waals surface area contributed by atoms with Crippen molar-refractivity contribution in [2.75, 3.05) is 5.73 Å². The fraction of sp³-hybridized carbons (Fsp3) is 0.143. The number of nitrogens with one attached hydrogen (secondary N) is 1. The predicted octanol–water partition coefficient (Wildman–Crippen LogP) is 2.01. The molecule has 0 spiro atoms. The summed E-state index contributed by atoms with van der Waals surface area (Å²) in [7, 11) is 0. The van der Waals surface area contributed by atoms with E-state index < -0.39 is 17.5 Å². The first kappa shape index (κ1) is 15.7. The number of benzene rings is 1. The molecule has 0 bridgehead atoms. The van der Waals surface area contributed by atoms with E-state index in [0.717, 1.165) is 6.07 Å². The van der Waals surface area contributed by atoms with E-state index in [-0.39, 0.29) is 23.6 Å². The Bertz CT molecular complexity index is 932. The third-order valence-corrected chi connectivity index (χ3v) is 3.23. The summed E-state index contributed by atoms with van der Waals surface area (Å²) < 4.78 is 42.6. The van der Waals surface area contributed by atoms with Gasteiger partial charge in [0.05, 0.1) is 11.3 Å². The molecule has 2 aromatic heterocycles. The number of anilines is 1. The van der Waals surface area contributed by atoms with Gasteiger partial charge in [-0.05, 0) is 17.7 Å². The lowest BCUT2D eigenvalue weighted by Gasteiger charge is -2.11. The Labute approximate surface area is 132 Å². The van der Waals surface area contributed by atoms with Gasteiger partial charge in [-0.1, -0.05) is 11.2 Å². The minimum absolute atomic E-state index is 0.0861. The summed E-state index contributed by atoms with van der Waals surface area (Å²) in [4.78, 5) is 21.6. The van der Waals surface area contributed by atoms with Crippen molar-refractivity contribution in [1.82, 2.24) is 20.1 Å². The van der Waals surface area contributed by atoms with Crippen molar-refractivity contribution in [3.05, 3.63) is 58.0 Å². The second-order valence-electron chi connectivity index (χ2n) is 4.89. The zero-order valence-electron chi connectivity index (χ0n) is 12.0. The third kappa shape index (κ3) is 3.12. The molecular formula is C14H10F3N5O2. The molecule has 1 aromatic carbocycles. The number of nitrogen functional groups attached to an aromatic ring is 1. The Morgan fingerprint density at radius 3 is 2.58 bits per heavy atom. The zero-order chi connectivity index (χ0) is 17.3. The molecule has 0 aliphatic rings. The van der Waals surface area contributed by atoms with Crippen LogP contribution < -0.4 is 11.5 Å². The summed E-state index contributed by atoms with van der Waals surface area (Å²) in [5.74, 6) is -0.664. The second-order valence-corrected chi connectivity index (χ2v) is 4.89. The van der Waals surface area contributed by atoms with Crippen LogP contribution in [0.15, 0.2) is 39.9 Å². The van der Waals surface area contributed by atoms with Crippen molar-refractivity contribution >= 4 is 5.69 Å². The minimum atomic E-state index is -4.51. The number of alkyl halides is 3. The van der Waals surface area contributed by atoms with E-state index in [1.807, 2.05) is 0 Å². The van der Waals surface area contributed by atoms with Crippen LogP contribution in [0.2, 0.25) is 0 Å². The molecule has 7 nitrogen and oxygen atoms in total. The smallest absolute Gasteiger partial charge is 0.398 e. The van der Waals surface area contributed by atoms with Gasteiger partial charge in [0.15, 0.2) is 0 Å². The number of aromatic amines is 1. The fourth-order valence-electron chi connectivity index (χ4n) is 2.20. The molecule has 0 amide bonds. The van der Waals surface area contributed by atoms with Gasteiger partial charge < -0.3 is 5.73 Å². The van der Waals surface area contributed by atoms with Crippen LogP contribution in [0.5, 0.6) is 0 Å². The highest BCUT2D eigenvalue weighted by Crippen LogP contribution is 2.34. The summed E-state index contributed by atoms with van der Waals surface area (Å²) in [6.45, 7) is 0. The maximum atomic E-state index is 12.7. The number of halogens is 3. The predicted molar refractivity (Wildman–Crippen MR) is 76.8 cm³/mol. The molecule has 0 atom stereocenters. The van der Waals surface area contributed by atoms with Crippen molar-refractivity contribution in [2.45, 2.75) is 12.6 Å². The highest BCUT2D eigenvalue weighted by Gasteiger charge is 2.32. The first-order valence-electron chi connectivity index (χ1n) is 6.66. The number of rotatable bonds is 3. The molecule has 3 N–H and O–H groups in total. The molecule has 0 aliphatic carbocycles. The lowest BCUT2D eigenvalue weighted by molar-refractivity contribution is -0.136. The molecule has 0 saturated carbocycles. The molecule has 2 heterocycles. The molecule has 0 saturated heterocycles. The van der Waals surface area contributed by atoms with Crippen LogP contribution in [0.4, 0.5) is 18.9 Å². The van der Waals surface area contributed by atoms with E-state index in [2.05, 4.69) is 24.6 Å². The van der Waals surface area contributed by atoms with Crippen molar-refractivity contribution in [1.29, 1.82) is 0 Å². The number of hydrogen-bond donors (Lipinski definition) is 2. The van der Waals surface area contributed by atoms with Crippen molar-refractivity contribution in [3.63, 3.8) is 0 Å². The number of nitrogens with two attached hydrogens (primary N) is 1. The standard InChI is InChI=1S/C14H10F3N5O2/c15-14(16,17)8-2-1-7(5-9(8)18)6-10-11(20-4-3-19-10)12-21-13(23)24-22-12/h1-5H,6,18H2,(H,21,22,23). The van der Waals surface area contributed by atoms with Crippen LogP contribution >= 0.6 is 0 Å². The highest BCUT2D eigenvalue weighted by molar-refractivity contribution is 5.55. The normalized spacial score (nSPS) is 11.6. The summed E-state index contributed by atoms with van der Waals surface area (Å²) >= 11 is 0. The van der Waals surface area contributed by atoms with Gasteiger partial charge in [-0.25, -0.2) is 9.78 Å². The van der Waals surface area contributed by atoms with Gasteiger partial charge in [0.1, 0.15) is 5.69 Å². The monoisotopic (exact) mass is 337 g/mol. The Morgan fingerprint density at radius 1 is 1.21 bits per heavy atom. The summed E-state index contributed by atoms with van der Waals surface area (Å²) in [6, 6.07) is 3.45. The number of nitrogens with zero attached hydrogens (tertiary/aromatic N) is 3. The van der Waals surface area contributed by atoms with E-state index in [9.17, 15) is 18.0 Å². The van der Waals surface area contributed by atoms with Crippen LogP contribution in [-0.4, -0.2) is 20.1 Å². The molecule has 0 aliphatic heterocycles. The third-order valence-electron chi connectivity index (χ3n) is 3.23. The molecule has 0 radical (unpaired) electrons. The topological polar surface area (TPSA) is 111 Å². The van der Waals surface area contributed by atoms with Crippen LogP contribution in [0.1, 0.15) is 16.8 Å². The molecule has 0 fully saturated rings. The molecule has 0 unspecified atom stereocenters. The van der Waals surface area contributed by atoms with Crippen LogP contribution in [0, 0.1) is 0 Å². The Balaban J connectivity index is 1.95. The van der Waals surface area contributed by atoms with Gasteiger partial charge in [-0.3, -0.25) is 14.5 Å². The lowest BCUT2D eigenvalue weighted by Crippen LogP contribution is -2.09. The molecular weight excluding hydrogens is 327 g/mol. The van der Waals surface area contributed by atoms with Crippen molar-refractivity contribution in [2.24, 2.45) is 0 Å². The summed E-state index contributed by atoms with van der Waals surface area (Å²) in [5, 5.41) is 3.53. The maximum absolute atomic E-state index is 12.7. The van der Waals surface area contributed by atoms with E-state index in [1.54, 1.807) is 0 Å². The van der Waals surface area contributed by atoms with Gasteiger partial charge in [0.2, 0.25) is 5.82 Å². The average molecular weight is 337 g/mol. The van der Waals surface area contributed by atoms with Gasteiger partial charge in [-0.15, -0.1) is 0 Å². The van der Waals surface area contributed by atoms with Gasteiger partial charge in [0.25, 0.3) is 0 Å². The van der Waals surface area contributed by atoms with E-state index >= 15 is 0 Å². The Hall–Kier alpha value is -3.17.